The van der Waals surface area contributed by atoms with E-state index in [9.17, 15) is 30.0 Å². The monoisotopic (exact) mass is 384 g/mol. The maximum Gasteiger partial charge on any atom is 0.309 e. The molecule has 0 aromatic rings. The van der Waals surface area contributed by atoms with Gasteiger partial charge in [0.15, 0.2) is 0 Å². The van der Waals surface area contributed by atoms with Crippen molar-refractivity contribution in [2.75, 3.05) is 0 Å². The van der Waals surface area contributed by atoms with Gasteiger partial charge < -0.3 is 25.2 Å². The SMILES string of the molecule is C=CC(C)(O)CC(O)C1C2(C)CC(O)C(C(C)(C)C(=O)O)C1(C)CC(=O)O2. The molecule has 1 saturated heterocycles. The molecule has 2 fully saturated rings. The number of carboxylic acid groups (broad SMARTS) is 1. The highest BCUT2D eigenvalue weighted by molar-refractivity contribution is 5.76. The predicted octanol–water partition coefficient (Wildman–Crippen LogP) is 1.49. The molecule has 2 bridgehead atoms. The molecule has 7 atom stereocenters. The molecule has 1 aliphatic heterocycles. The number of hydrogen-bond acceptors (Lipinski definition) is 6. The second-order valence-electron chi connectivity index (χ2n) is 9.56. The molecule has 0 radical (unpaired) electrons. The van der Waals surface area contributed by atoms with E-state index < -0.39 is 58.0 Å². The number of carboxylic acids is 1. The van der Waals surface area contributed by atoms with E-state index in [-0.39, 0.29) is 19.3 Å². The topological polar surface area (TPSA) is 124 Å². The Morgan fingerprint density at radius 2 is 1.96 bits per heavy atom. The van der Waals surface area contributed by atoms with Crippen LogP contribution in [0.4, 0.5) is 0 Å². The van der Waals surface area contributed by atoms with Crippen molar-refractivity contribution in [1.82, 2.24) is 0 Å². The first-order valence-corrected chi connectivity index (χ1v) is 9.28. The highest BCUT2D eigenvalue weighted by atomic mass is 16.6. The molecule has 2 aliphatic rings. The zero-order chi connectivity index (χ0) is 21.0. The van der Waals surface area contributed by atoms with Crippen LogP contribution in [-0.2, 0) is 14.3 Å². The van der Waals surface area contributed by atoms with Crippen LogP contribution >= 0.6 is 0 Å². The van der Waals surface area contributed by atoms with E-state index in [0.29, 0.717) is 0 Å². The van der Waals surface area contributed by atoms with Crippen LogP contribution in [0, 0.1) is 22.7 Å². The van der Waals surface area contributed by atoms with E-state index in [0.717, 1.165) is 0 Å². The first-order valence-electron chi connectivity index (χ1n) is 9.28. The quantitative estimate of drug-likeness (QED) is 0.404. The van der Waals surface area contributed by atoms with E-state index in [1.165, 1.54) is 26.8 Å². The van der Waals surface area contributed by atoms with Crippen molar-refractivity contribution in [1.29, 1.82) is 0 Å². The number of aliphatic hydroxyl groups is 3. The van der Waals surface area contributed by atoms with E-state index in [1.807, 2.05) is 0 Å². The predicted molar refractivity (Wildman–Crippen MR) is 97.7 cm³/mol. The number of ether oxygens (including phenoxy) is 1. The molecule has 0 aromatic carbocycles. The fourth-order valence-electron chi connectivity index (χ4n) is 5.83. The molecular formula is C20H32O7. The summed E-state index contributed by atoms with van der Waals surface area (Å²) in [5.74, 6) is -2.99. The summed E-state index contributed by atoms with van der Waals surface area (Å²) in [6, 6.07) is 0. The molecule has 4 N–H and O–H groups in total. The smallest absolute Gasteiger partial charge is 0.309 e. The summed E-state index contributed by atoms with van der Waals surface area (Å²) in [7, 11) is 0. The van der Waals surface area contributed by atoms with Crippen LogP contribution in [0.25, 0.3) is 0 Å². The van der Waals surface area contributed by atoms with Crippen molar-refractivity contribution >= 4 is 11.9 Å². The summed E-state index contributed by atoms with van der Waals surface area (Å²) in [5.41, 5.74) is -4.85. The van der Waals surface area contributed by atoms with E-state index >= 15 is 0 Å². The van der Waals surface area contributed by atoms with Crippen LogP contribution in [0.5, 0.6) is 0 Å². The number of carbonyl (C=O) groups excluding carboxylic acids is 1. The minimum atomic E-state index is -1.34. The molecule has 7 nitrogen and oxygen atoms in total. The molecule has 0 aromatic heterocycles. The Labute approximate surface area is 160 Å². The van der Waals surface area contributed by atoms with Crippen molar-refractivity contribution in [3.63, 3.8) is 0 Å². The van der Waals surface area contributed by atoms with E-state index in [1.54, 1.807) is 13.8 Å². The van der Waals surface area contributed by atoms with Crippen molar-refractivity contribution < 1.29 is 34.8 Å². The third kappa shape index (κ3) is 3.52. The van der Waals surface area contributed by atoms with Gasteiger partial charge in [0.25, 0.3) is 0 Å². The summed E-state index contributed by atoms with van der Waals surface area (Å²) in [5, 5.41) is 42.0. The molecule has 0 spiro atoms. The van der Waals surface area contributed by atoms with Gasteiger partial charge in [0.05, 0.1) is 29.6 Å². The lowest BCUT2D eigenvalue weighted by Gasteiger charge is -2.63. The van der Waals surface area contributed by atoms with Crippen LogP contribution in [0.3, 0.4) is 0 Å². The van der Waals surface area contributed by atoms with Gasteiger partial charge in [-0.1, -0.05) is 13.0 Å². The lowest BCUT2D eigenvalue weighted by molar-refractivity contribution is -0.265. The average molecular weight is 384 g/mol. The Morgan fingerprint density at radius 3 is 2.44 bits per heavy atom. The molecule has 2 rings (SSSR count). The molecular weight excluding hydrogens is 352 g/mol. The molecule has 27 heavy (non-hydrogen) atoms. The van der Waals surface area contributed by atoms with Gasteiger partial charge in [0.2, 0.25) is 0 Å². The summed E-state index contributed by atoms with van der Waals surface area (Å²) in [6.07, 6.45) is -0.894. The Balaban J connectivity index is 2.59. The third-order valence-corrected chi connectivity index (χ3v) is 6.73. The lowest BCUT2D eigenvalue weighted by atomic mass is 9.46. The fraction of sp³-hybridized carbons (Fsp3) is 0.800. The first kappa shape index (κ1) is 21.9. The normalized spacial score (nSPS) is 39.9. The van der Waals surface area contributed by atoms with Gasteiger partial charge in [0.1, 0.15) is 5.60 Å². The van der Waals surface area contributed by atoms with Gasteiger partial charge in [0, 0.05) is 24.7 Å². The van der Waals surface area contributed by atoms with Crippen molar-refractivity contribution in [2.45, 2.75) is 77.3 Å². The number of aliphatic hydroxyl groups excluding tert-OH is 2. The Hall–Kier alpha value is -1.44. The molecule has 1 aliphatic carbocycles. The van der Waals surface area contributed by atoms with Gasteiger partial charge in [-0.15, -0.1) is 6.58 Å². The largest absolute Gasteiger partial charge is 0.481 e. The van der Waals surface area contributed by atoms with Crippen LogP contribution in [0.1, 0.15) is 53.9 Å². The first-order chi connectivity index (χ1) is 12.1. The molecule has 0 amide bonds. The Bertz CT molecular complexity index is 640. The van der Waals surface area contributed by atoms with E-state index in [4.69, 9.17) is 4.74 Å². The van der Waals surface area contributed by atoms with Crippen LogP contribution < -0.4 is 0 Å². The number of esters is 1. The maximum absolute atomic E-state index is 12.3. The molecule has 1 saturated carbocycles. The van der Waals surface area contributed by atoms with Crippen LogP contribution in [0.2, 0.25) is 0 Å². The molecule has 7 heteroatoms. The highest BCUT2D eigenvalue weighted by Gasteiger charge is 2.68. The summed E-state index contributed by atoms with van der Waals surface area (Å²) in [4.78, 5) is 24.3. The second-order valence-corrected chi connectivity index (χ2v) is 9.56. The van der Waals surface area contributed by atoms with E-state index in [2.05, 4.69) is 6.58 Å². The standard InChI is InChI=1S/C20H32O7/c1-7-18(4,26)8-11(21)15-19(5)10-13(23)27-20(15,6)9-12(22)14(19)17(2,3)16(24)25/h7,11-12,14-15,21-22,26H,1,8-10H2,2-6H3,(H,24,25). The minimum absolute atomic E-state index is 0.0215. The maximum atomic E-state index is 12.3. The fourth-order valence-corrected chi connectivity index (χ4v) is 5.83. The zero-order valence-corrected chi connectivity index (χ0v) is 16.7. The van der Waals surface area contributed by atoms with Crippen molar-refractivity contribution in [3.8, 4) is 0 Å². The number of hydrogen-bond donors (Lipinski definition) is 4. The van der Waals surface area contributed by atoms with Crippen molar-refractivity contribution in [3.05, 3.63) is 12.7 Å². The van der Waals surface area contributed by atoms with Gasteiger partial charge in [-0.2, -0.15) is 0 Å². The third-order valence-electron chi connectivity index (χ3n) is 6.73. The number of carbonyl (C=O) groups is 2. The summed E-state index contributed by atoms with van der Waals surface area (Å²) in [6.45, 7) is 11.5. The van der Waals surface area contributed by atoms with Gasteiger partial charge in [-0.25, -0.2) is 0 Å². The molecule has 1 heterocycles. The molecule has 7 unspecified atom stereocenters. The van der Waals surface area contributed by atoms with Gasteiger partial charge >= 0.3 is 11.9 Å². The Morgan fingerprint density at radius 1 is 1.41 bits per heavy atom. The number of fused-ring (bicyclic) bond motifs is 2. The highest BCUT2D eigenvalue weighted by Crippen LogP contribution is 2.62. The van der Waals surface area contributed by atoms with Gasteiger partial charge in [-0.05, 0) is 33.1 Å². The minimum Gasteiger partial charge on any atom is -0.481 e. The van der Waals surface area contributed by atoms with Crippen LogP contribution in [0.15, 0.2) is 12.7 Å². The van der Waals surface area contributed by atoms with Crippen LogP contribution in [-0.4, -0.2) is 55.8 Å². The molecule has 154 valence electrons. The number of aliphatic carboxylic acids is 1. The van der Waals surface area contributed by atoms with Crippen molar-refractivity contribution in [2.24, 2.45) is 22.7 Å². The number of rotatable bonds is 6. The summed E-state index contributed by atoms with van der Waals surface area (Å²) >= 11 is 0. The second kappa shape index (κ2) is 6.57. The zero-order valence-electron chi connectivity index (χ0n) is 16.7. The average Bonchev–Trinajstić information content (AvgIpc) is 2.42. The Kier molecular flexibility index (Phi) is 5.32. The lowest BCUT2D eigenvalue weighted by Crippen LogP contribution is -2.69. The summed E-state index contributed by atoms with van der Waals surface area (Å²) < 4.78 is 5.57. The van der Waals surface area contributed by atoms with Gasteiger partial charge in [-0.3, -0.25) is 9.59 Å².